The SMILES string of the molecule is C[C@H](OC(=O)c1ccc(-c2ccccc2F)o1)C(=O)N1CCCC1. The number of esters is 1. The summed E-state index contributed by atoms with van der Waals surface area (Å²) in [7, 11) is 0. The van der Waals surface area contributed by atoms with Crippen LogP contribution in [-0.4, -0.2) is 36.0 Å². The number of amides is 1. The molecule has 1 aromatic carbocycles. The molecule has 3 rings (SSSR count). The van der Waals surface area contributed by atoms with E-state index in [-0.39, 0.29) is 23.0 Å². The van der Waals surface area contributed by atoms with Gasteiger partial charge >= 0.3 is 5.97 Å². The Hall–Kier alpha value is -2.63. The van der Waals surface area contributed by atoms with Crippen molar-refractivity contribution in [2.24, 2.45) is 0 Å². The van der Waals surface area contributed by atoms with Gasteiger partial charge in [0, 0.05) is 13.1 Å². The molecule has 0 aliphatic carbocycles. The summed E-state index contributed by atoms with van der Waals surface area (Å²) in [6, 6.07) is 9.03. The molecular weight excluding hydrogens is 313 g/mol. The van der Waals surface area contributed by atoms with Gasteiger partial charge in [0.2, 0.25) is 5.76 Å². The van der Waals surface area contributed by atoms with Crippen molar-refractivity contribution in [1.29, 1.82) is 0 Å². The summed E-state index contributed by atoms with van der Waals surface area (Å²) in [6.45, 7) is 2.93. The van der Waals surface area contributed by atoms with Gasteiger partial charge in [0.05, 0.1) is 5.56 Å². The number of furan rings is 1. The molecule has 126 valence electrons. The zero-order valence-electron chi connectivity index (χ0n) is 13.3. The van der Waals surface area contributed by atoms with Gasteiger partial charge < -0.3 is 14.1 Å². The van der Waals surface area contributed by atoms with Crippen LogP contribution in [0.5, 0.6) is 0 Å². The highest BCUT2D eigenvalue weighted by molar-refractivity contribution is 5.90. The fourth-order valence-electron chi connectivity index (χ4n) is 2.72. The van der Waals surface area contributed by atoms with Crippen LogP contribution in [0.1, 0.15) is 30.3 Å². The average molecular weight is 331 g/mol. The van der Waals surface area contributed by atoms with E-state index in [0.717, 1.165) is 12.8 Å². The van der Waals surface area contributed by atoms with Crippen LogP contribution in [0, 0.1) is 5.82 Å². The molecule has 1 aliphatic rings. The Balaban J connectivity index is 1.67. The number of carbonyl (C=O) groups excluding carboxylic acids is 2. The summed E-state index contributed by atoms with van der Waals surface area (Å²) in [4.78, 5) is 26.0. The Kier molecular flexibility index (Phi) is 4.64. The van der Waals surface area contributed by atoms with Gasteiger partial charge in [-0.1, -0.05) is 12.1 Å². The van der Waals surface area contributed by atoms with Crippen molar-refractivity contribution in [3.63, 3.8) is 0 Å². The molecule has 2 aromatic rings. The van der Waals surface area contributed by atoms with Crippen LogP contribution in [0.25, 0.3) is 11.3 Å². The van der Waals surface area contributed by atoms with Crippen molar-refractivity contribution in [3.8, 4) is 11.3 Å². The lowest BCUT2D eigenvalue weighted by Crippen LogP contribution is -2.38. The second kappa shape index (κ2) is 6.86. The van der Waals surface area contributed by atoms with Gasteiger partial charge in [0.25, 0.3) is 5.91 Å². The van der Waals surface area contributed by atoms with E-state index in [9.17, 15) is 14.0 Å². The lowest BCUT2D eigenvalue weighted by atomic mass is 10.1. The molecule has 1 amide bonds. The first-order valence-electron chi connectivity index (χ1n) is 7.91. The summed E-state index contributed by atoms with van der Waals surface area (Å²) in [5.74, 6) is -1.21. The number of ether oxygens (including phenoxy) is 1. The minimum atomic E-state index is -0.877. The van der Waals surface area contributed by atoms with Gasteiger partial charge in [0.15, 0.2) is 6.10 Å². The first-order chi connectivity index (χ1) is 11.6. The highest BCUT2D eigenvalue weighted by atomic mass is 19.1. The van der Waals surface area contributed by atoms with Gasteiger partial charge in [-0.05, 0) is 44.0 Å². The van der Waals surface area contributed by atoms with E-state index in [1.165, 1.54) is 18.2 Å². The van der Waals surface area contributed by atoms with Gasteiger partial charge in [-0.2, -0.15) is 0 Å². The van der Waals surface area contributed by atoms with E-state index in [1.54, 1.807) is 30.0 Å². The van der Waals surface area contributed by atoms with E-state index in [4.69, 9.17) is 9.15 Å². The molecule has 1 atom stereocenters. The third-order valence-corrected chi connectivity index (χ3v) is 4.00. The van der Waals surface area contributed by atoms with Crippen LogP contribution in [0.4, 0.5) is 4.39 Å². The van der Waals surface area contributed by atoms with Crippen LogP contribution in [0.2, 0.25) is 0 Å². The van der Waals surface area contributed by atoms with Crippen LogP contribution in [0.3, 0.4) is 0 Å². The lowest BCUT2D eigenvalue weighted by Gasteiger charge is -2.19. The summed E-state index contributed by atoms with van der Waals surface area (Å²) < 4.78 is 24.3. The zero-order valence-corrected chi connectivity index (χ0v) is 13.3. The van der Waals surface area contributed by atoms with Crippen molar-refractivity contribution in [2.45, 2.75) is 25.9 Å². The van der Waals surface area contributed by atoms with Crippen LogP contribution >= 0.6 is 0 Å². The molecular formula is C18H18FNO4. The molecule has 1 saturated heterocycles. The molecule has 0 unspecified atom stereocenters. The number of benzene rings is 1. The Bertz CT molecular complexity index is 749. The highest BCUT2D eigenvalue weighted by Gasteiger charge is 2.27. The summed E-state index contributed by atoms with van der Waals surface area (Å²) in [6.07, 6.45) is 1.06. The van der Waals surface area contributed by atoms with Gasteiger partial charge in [-0.3, -0.25) is 4.79 Å². The Morgan fingerprint density at radius 1 is 1.17 bits per heavy atom. The molecule has 6 heteroatoms. The molecule has 0 saturated carbocycles. The Morgan fingerprint density at radius 2 is 1.88 bits per heavy atom. The molecule has 0 bridgehead atoms. The van der Waals surface area contributed by atoms with Gasteiger partial charge in [0.1, 0.15) is 11.6 Å². The number of hydrogen-bond acceptors (Lipinski definition) is 4. The first kappa shape index (κ1) is 16.2. The molecule has 24 heavy (non-hydrogen) atoms. The highest BCUT2D eigenvalue weighted by Crippen LogP contribution is 2.25. The van der Waals surface area contributed by atoms with Crippen molar-refractivity contribution in [2.75, 3.05) is 13.1 Å². The fraction of sp³-hybridized carbons (Fsp3) is 0.333. The largest absolute Gasteiger partial charge is 0.449 e. The third-order valence-electron chi connectivity index (χ3n) is 4.00. The van der Waals surface area contributed by atoms with Gasteiger partial charge in [-0.25, -0.2) is 9.18 Å². The first-order valence-corrected chi connectivity index (χ1v) is 7.91. The van der Waals surface area contributed by atoms with Crippen molar-refractivity contribution < 1.29 is 23.1 Å². The van der Waals surface area contributed by atoms with E-state index in [1.807, 2.05) is 0 Å². The van der Waals surface area contributed by atoms with Crippen molar-refractivity contribution in [3.05, 3.63) is 48.0 Å². The second-order valence-electron chi connectivity index (χ2n) is 5.72. The number of rotatable bonds is 4. The normalized spacial score (nSPS) is 15.3. The average Bonchev–Trinajstić information content (AvgIpc) is 3.26. The van der Waals surface area contributed by atoms with Crippen LogP contribution in [-0.2, 0) is 9.53 Å². The van der Waals surface area contributed by atoms with Crippen LogP contribution < -0.4 is 0 Å². The maximum Gasteiger partial charge on any atom is 0.375 e. The zero-order chi connectivity index (χ0) is 17.1. The van der Waals surface area contributed by atoms with E-state index in [0.29, 0.717) is 13.1 Å². The predicted octanol–water partition coefficient (Wildman–Crippen LogP) is 3.25. The summed E-state index contributed by atoms with van der Waals surface area (Å²) in [5.41, 5.74) is 0.262. The second-order valence-corrected chi connectivity index (χ2v) is 5.72. The van der Waals surface area contributed by atoms with E-state index >= 15 is 0 Å². The summed E-state index contributed by atoms with van der Waals surface area (Å²) >= 11 is 0. The molecule has 1 aliphatic heterocycles. The molecule has 5 nitrogen and oxygen atoms in total. The standard InChI is InChI=1S/C18H18FNO4/c1-12(17(21)20-10-4-5-11-20)23-18(22)16-9-8-15(24-16)13-6-2-3-7-14(13)19/h2-3,6-9,12H,4-5,10-11H2,1H3/t12-/m0/s1. The quantitative estimate of drug-likeness (QED) is 0.807. The number of likely N-dealkylation sites (tertiary alicyclic amines) is 1. The number of nitrogens with zero attached hydrogens (tertiary/aromatic N) is 1. The molecule has 0 spiro atoms. The molecule has 1 fully saturated rings. The molecule has 2 heterocycles. The maximum absolute atomic E-state index is 13.7. The smallest absolute Gasteiger partial charge is 0.375 e. The topological polar surface area (TPSA) is 59.8 Å². The minimum absolute atomic E-state index is 0.0608. The number of halogens is 1. The van der Waals surface area contributed by atoms with Crippen LogP contribution in [0.15, 0.2) is 40.8 Å². The number of hydrogen-bond donors (Lipinski definition) is 0. The van der Waals surface area contributed by atoms with Crippen molar-refractivity contribution >= 4 is 11.9 Å². The van der Waals surface area contributed by atoms with Crippen molar-refractivity contribution in [1.82, 2.24) is 4.90 Å². The minimum Gasteiger partial charge on any atom is -0.449 e. The predicted molar refractivity (Wildman–Crippen MR) is 84.8 cm³/mol. The Labute approximate surface area is 139 Å². The maximum atomic E-state index is 13.7. The molecule has 0 N–H and O–H groups in total. The monoisotopic (exact) mass is 331 g/mol. The Morgan fingerprint density at radius 3 is 2.58 bits per heavy atom. The van der Waals surface area contributed by atoms with Gasteiger partial charge in [-0.15, -0.1) is 0 Å². The number of carbonyl (C=O) groups is 2. The van der Waals surface area contributed by atoms with E-state index < -0.39 is 17.9 Å². The third kappa shape index (κ3) is 3.32. The summed E-state index contributed by atoms with van der Waals surface area (Å²) in [5, 5.41) is 0. The lowest BCUT2D eigenvalue weighted by molar-refractivity contribution is -0.138. The molecule has 1 aromatic heterocycles. The molecule has 0 radical (unpaired) electrons. The fourth-order valence-corrected chi connectivity index (χ4v) is 2.72. The van der Waals surface area contributed by atoms with E-state index in [2.05, 4.69) is 0 Å².